The number of hydrogen-bond acceptors (Lipinski definition) is 6. The number of nitrogen functional groups attached to an aromatic ring is 1. The van der Waals surface area contributed by atoms with E-state index in [0.29, 0.717) is 53.2 Å². The maximum atomic E-state index is 12.6. The molecule has 0 fully saturated rings. The Labute approximate surface area is 164 Å². The zero-order valence-corrected chi connectivity index (χ0v) is 16.1. The minimum atomic E-state index is -0.307. The van der Waals surface area contributed by atoms with E-state index in [1.807, 2.05) is 13.8 Å². The minimum Gasteiger partial charge on any atom is -0.490 e. The van der Waals surface area contributed by atoms with Crippen LogP contribution in [0.5, 0.6) is 23.0 Å². The summed E-state index contributed by atoms with van der Waals surface area (Å²) in [6.07, 6.45) is 0.886. The molecule has 0 saturated carbocycles. The molecule has 1 aliphatic rings. The zero-order chi connectivity index (χ0) is 18.5. The van der Waals surface area contributed by atoms with Crippen molar-refractivity contribution >= 4 is 29.7 Å². The third-order valence-electron chi connectivity index (χ3n) is 3.76. The smallest absolute Gasteiger partial charge is 0.255 e. The van der Waals surface area contributed by atoms with Crippen LogP contribution in [-0.4, -0.2) is 25.9 Å². The molecule has 1 amide bonds. The van der Waals surface area contributed by atoms with Crippen LogP contribution in [0.3, 0.4) is 0 Å². The molecule has 2 aromatic carbocycles. The number of anilines is 2. The summed E-state index contributed by atoms with van der Waals surface area (Å²) < 4.78 is 21.8. The maximum Gasteiger partial charge on any atom is 0.255 e. The van der Waals surface area contributed by atoms with Gasteiger partial charge in [-0.3, -0.25) is 4.79 Å². The molecule has 1 heterocycles. The Balaban J connectivity index is 0.00000261. The van der Waals surface area contributed by atoms with Gasteiger partial charge in [0.15, 0.2) is 23.0 Å². The number of hydrogen-bond donors (Lipinski definition) is 2. The zero-order valence-electron chi connectivity index (χ0n) is 15.2. The molecule has 8 heteroatoms. The number of fused-ring (bicyclic) bond motifs is 1. The van der Waals surface area contributed by atoms with Crippen LogP contribution in [-0.2, 0) is 0 Å². The van der Waals surface area contributed by atoms with Gasteiger partial charge >= 0.3 is 0 Å². The van der Waals surface area contributed by atoms with Crippen LogP contribution in [0, 0.1) is 0 Å². The van der Waals surface area contributed by atoms with E-state index in [1.165, 1.54) is 0 Å². The molecule has 146 valence electrons. The predicted molar refractivity (Wildman–Crippen MR) is 106 cm³/mol. The summed E-state index contributed by atoms with van der Waals surface area (Å²) in [4.78, 5) is 12.6. The van der Waals surface area contributed by atoms with Crippen LogP contribution in [0.15, 0.2) is 30.3 Å². The van der Waals surface area contributed by atoms with Crippen LogP contribution in [0.2, 0.25) is 0 Å². The Kier molecular flexibility index (Phi) is 7.01. The highest BCUT2D eigenvalue weighted by molar-refractivity contribution is 6.06. The second-order valence-electron chi connectivity index (χ2n) is 5.69. The molecule has 3 N–H and O–H groups in total. The molecular formula is C19H23ClN2O5. The lowest BCUT2D eigenvalue weighted by Gasteiger charge is -2.14. The molecule has 2 aromatic rings. The van der Waals surface area contributed by atoms with Gasteiger partial charge in [0.2, 0.25) is 6.79 Å². The van der Waals surface area contributed by atoms with Crippen molar-refractivity contribution in [3.05, 3.63) is 35.9 Å². The van der Waals surface area contributed by atoms with Crippen molar-refractivity contribution in [3.8, 4) is 23.0 Å². The van der Waals surface area contributed by atoms with Crippen LogP contribution in [0.1, 0.15) is 30.6 Å². The van der Waals surface area contributed by atoms with Crippen molar-refractivity contribution in [2.24, 2.45) is 0 Å². The van der Waals surface area contributed by atoms with Crippen molar-refractivity contribution in [1.29, 1.82) is 0 Å². The summed E-state index contributed by atoms with van der Waals surface area (Å²) >= 11 is 0. The first-order chi connectivity index (χ1) is 12.6. The fourth-order valence-electron chi connectivity index (χ4n) is 2.51. The van der Waals surface area contributed by atoms with E-state index in [-0.39, 0.29) is 25.1 Å². The van der Waals surface area contributed by atoms with E-state index in [0.717, 1.165) is 6.42 Å². The molecule has 0 radical (unpaired) electrons. The highest BCUT2D eigenvalue weighted by Crippen LogP contribution is 2.38. The van der Waals surface area contributed by atoms with E-state index in [2.05, 4.69) is 5.32 Å². The van der Waals surface area contributed by atoms with E-state index in [4.69, 9.17) is 24.7 Å². The third-order valence-corrected chi connectivity index (χ3v) is 3.76. The molecule has 0 aromatic heterocycles. The average Bonchev–Trinajstić information content (AvgIpc) is 3.08. The molecule has 0 aliphatic carbocycles. The van der Waals surface area contributed by atoms with Gasteiger partial charge in [0.05, 0.1) is 24.6 Å². The number of benzene rings is 2. The summed E-state index contributed by atoms with van der Waals surface area (Å²) in [5.41, 5.74) is 7.28. The van der Waals surface area contributed by atoms with Gasteiger partial charge in [0.1, 0.15) is 0 Å². The summed E-state index contributed by atoms with van der Waals surface area (Å²) in [6.45, 7) is 5.10. The number of carbonyl (C=O) groups is 1. The van der Waals surface area contributed by atoms with Gasteiger partial charge in [-0.05, 0) is 31.5 Å². The summed E-state index contributed by atoms with van der Waals surface area (Å²) in [5, 5.41) is 2.79. The molecule has 1 aliphatic heterocycles. The van der Waals surface area contributed by atoms with E-state index < -0.39 is 0 Å². The first kappa shape index (κ1) is 20.5. The Hall–Kier alpha value is -2.80. The van der Waals surface area contributed by atoms with E-state index >= 15 is 0 Å². The molecule has 0 unspecified atom stereocenters. The molecule has 7 nitrogen and oxygen atoms in total. The average molecular weight is 395 g/mol. The maximum absolute atomic E-state index is 12.6. The lowest BCUT2D eigenvalue weighted by Crippen LogP contribution is -2.13. The van der Waals surface area contributed by atoms with Gasteiger partial charge in [-0.25, -0.2) is 0 Å². The van der Waals surface area contributed by atoms with Crippen molar-refractivity contribution < 1.29 is 23.7 Å². The molecular weight excluding hydrogens is 372 g/mol. The predicted octanol–water partition coefficient (Wildman–Crippen LogP) is 3.86. The minimum absolute atomic E-state index is 0. The second kappa shape index (κ2) is 9.23. The Bertz CT molecular complexity index is 813. The van der Waals surface area contributed by atoms with E-state index in [1.54, 1.807) is 30.3 Å². The van der Waals surface area contributed by atoms with Crippen LogP contribution in [0.25, 0.3) is 0 Å². The molecule has 0 spiro atoms. The van der Waals surface area contributed by atoms with Gasteiger partial charge in [0.25, 0.3) is 5.91 Å². The highest BCUT2D eigenvalue weighted by atomic mass is 35.5. The summed E-state index contributed by atoms with van der Waals surface area (Å²) in [6, 6.07) is 8.36. The van der Waals surface area contributed by atoms with Crippen molar-refractivity contribution in [1.82, 2.24) is 0 Å². The van der Waals surface area contributed by atoms with Crippen LogP contribution < -0.4 is 30.0 Å². The Morgan fingerprint density at radius 1 is 1.11 bits per heavy atom. The van der Waals surface area contributed by atoms with Gasteiger partial charge in [-0.1, -0.05) is 6.92 Å². The lowest BCUT2D eigenvalue weighted by atomic mass is 10.1. The van der Waals surface area contributed by atoms with Crippen LogP contribution >= 0.6 is 12.4 Å². The lowest BCUT2D eigenvalue weighted by molar-refractivity contribution is 0.102. The van der Waals surface area contributed by atoms with Gasteiger partial charge in [-0.2, -0.15) is 0 Å². The normalized spacial score (nSPS) is 11.5. The number of nitrogens with two attached hydrogens (primary N) is 1. The number of carbonyl (C=O) groups excluding carboxylic acids is 1. The van der Waals surface area contributed by atoms with Gasteiger partial charge in [0, 0.05) is 17.7 Å². The SMILES string of the molecule is CCCOc1ccc(C(=O)Nc2cc3c(cc2N)OCO3)cc1OCC.Cl. The highest BCUT2D eigenvalue weighted by Gasteiger charge is 2.18. The number of ether oxygens (including phenoxy) is 4. The monoisotopic (exact) mass is 394 g/mol. The number of amides is 1. The van der Waals surface area contributed by atoms with Gasteiger partial charge < -0.3 is 30.0 Å². The van der Waals surface area contributed by atoms with Crippen molar-refractivity contribution in [2.75, 3.05) is 31.1 Å². The molecule has 0 bridgehead atoms. The molecule has 3 rings (SSSR count). The number of rotatable bonds is 7. The van der Waals surface area contributed by atoms with E-state index in [9.17, 15) is 4.79 Å². The third kappa shape index (κ3) is 4.68. The molecule has 27 heavy (non-hydrogen) atoms. The fourth-order valence-corrected chi connectivity index (χ4v) is 2.51. The molecule has 0 saturated heterocycles. The fraction of sp³-hybridized carbons (Fsp3) is 0.316. The van der Waals surface area contributed by atoms with Crippen LogP contribution in [0.4, 0.5) is 11.4 Å². The van der Waals surface area contributed by atoms with Gasteiger partial charge in [-0.15, -0.1) is 12.4 Å². The van der Waals surface area contributed by atoms with Crippen molar-refractivity contribution in [3.63, 3.8) is 0 Å². The number of nitrogens with one attached hydrogen (secondary N) is 1. The largest absolute Gasteiger partial charge is 0.490 e. The summed E-state index contributed by atoms with van der Waals surface area (Å²) in [5.74, 6) is 1.96. The topological polar surface area (TPSA) is 92.0 Å². The standard InChI is InChI=1S/C19H22N2O5.ClH/c1-3-7-24-15-6-5-12(8-16(15)23-4-2)19(22)21-14-10-18-17(9-13(14)20)25-11-26-18;/h5-6,8-10H,3-4,7,11,20H2,1-2H3,(H,21,22);1H. The first-order valence-electron chi connectivity index (χ1n) is 8.52. The molecule has 0 atom stereocenters. The Morgan fingerprint density at radius 2 is 1.85 bits per heavy atom. The number of halogens is 1. The first-order valence-corrected chi connectivity index (χ1v) is 8.52. The quantitative estimate of drug-likeness (QED) is 0.693. The second-order valence-corrected chi connectivity index (χ2v) is 5.69. The van der Waals surface area contributed by atoms with Crippen molar-refractivity contribution in [2.45, 2.75) is 20.3 Å². The Morgan fingerprint density at radius 3 is 2.56 bits per heavy atom. The summed E-state index contributed by atoms with van der Waals surface area (Å²) in [7, 11) is 0.